The second kappa shape index (κ2) is 3.27. The van der Waals surface area contributed by atoms with Crippen molar-refractivity contribution in [3.05, 3.63) is 0 Å². The maximum Gasteiger partial charge on any atom is 0.166 e. The molecule has 0 saturated carbocycles. The quantitative estimate of drug-likeness (QED) is 0.569. The third-order valence-electron chi connectivity index (χ3n) is 0.569. The molecule has 0 spiro atoms. The van der Waals surface area contributed by atoms with Crippen LogP contribution in [0.4, 0.5) is 0 Å². The molecule has 3 nitrogen and oxygen atoms in total. The minimum atomic E-state index is -3.15. The van der Waals surface area contributed by atoms with Crippen molar-refractivity contribution in [2.45, 2.75) is 0 Å². The zero-order chi connectivity index (χ0) is 6.62. The molecule has 1 N–H and O–H groups in total. The van der Waals surface area contributed by atoms with Gasteiger partial charge < -0.3 is 5.11 Å². The van der Waals surface area contributed by atoms with Gasteiger partial charge in [-0.25, -0.2) is 8.42 Å². The zero-order valence-corrected chi connectivity index (χ0v) is 5.74. The average Bonchev–Trinajstić information content (AvgIpc) is 1.67. The number of hydrogen-bond donors (Lipinski definition) is 1. The highest BCUT2D eigenvalue weighted by molar-refractivity contribution is 7.92. The van der Waals surface area contributed by atoms with Gasteiger partial charge in [0, 0.05) is 0 Å². The van der Waals surface area contributed by atoms with E-state index in [0.717, 1.165) is 0 Å². The summed E-state index contributed by atoms with van der Waals surface area (Å²) in [5, 5.41) is 7.69. The largest absolute Gasteiger partial charge is 0.395 e. The molecule has 50 valence electrons. The van der Waals surface area contributed by atoms with Gasteiger partial charge in [0.15, 0.2) is 9.84 Å². The fourth-order valence-electron chi connectivity index (χ4n) is 0.194. The van der Waals surface area contributed by atoms with E-state index in [9.17, 15) is 8.42 Å². The molecule has 0 heterocycles. The number of aliphatic hydroxyl groups is 1. The van der Waals surface area contributed by atoms with Crippen molar-refractivity contribution in [3.8, 4) is 0 Å². The van der Waals surface area contributed by atoms with Gasteiger partial charge in [-0.05, 0) is 0 Å². The van der Waals surface area contributed by atoms with Crippen LogP contribution < -0.4 is 0 Å². The first-order valence-corrected chi connectivity index (χ1v) is 4.35. The van der Waals surface area contributed by atoms with E-state index in [4.69, 9.17) is 16.7 Å². The normalized spacial score (nSPS) is 11.8. The topological polar surface area (TPSA) is 54.4 Å². The number of hydrogen-bond acceptors (Lipinski definition) is 3. The summed E-state index contributed by atoms with van der Waals surface area (Å²) in [6.45, 7) is -0.352. The Morgan fingerprint density at radius 2 is 2.00 bits per heavy atom. The standard InChI is InChI=1S/C3H7ClO3S/c4-3-8(6,7)2-1-5/h5H,1-3H2. The summed E-state index contributed by atoms with van der Waals surface area (Å²) in [5.74, 6) is -0.240. The third-order valence-corrected chi connectivity index (χ3v) is 2.70. The van der Waals surface area contributed by atoms with Crippen LogP contribution in [-0.4, -0.2) is 31.1 Å². The molecule has 0 aliphatic carbocycles. The first-order chi connectivity index (χ1) is 3.62. The van der Waals surface area contributed by atoms with Crippen LogP contribution >= 0.6 is 11.6 Å². The lowest BCUT2D eigenvalue weighted by molar-refractivity contribution is 0.320. The molecule has 0 radical (unpaired) electrons. The van der Waals surface area contributed by atoms with Crippen molar-refractivity contribution in [1.82, 2.24) is 0 Å². The van der Waals surface area contributed by atoms with Gasteiger partial charge in [0.2, 0.25) is 0 Å². The second-order valence-electron chi connectivity index (χ2n) is 1.28. The van der Waals surface area contributed by atoms with E-state index in [1.54, 1.807) is 0 Å². The van der Waals surface area contributed by atoms with Crippen molar-refractivity contribution < 1.29 is 13.5 Å². The highest BCUT2D eigenvalue weighted by atomic mass is 35.5. The van der Waals surface area contributed by atoms with Gasteiger partial charge in [0.25, 0.3) is 0 Å². The molecular formula is C3H7ClO3S. The highest BCUT2D eigenvalue weighted by Crippen LogP contribution is 1.90. The van der Waals surface area contributed by atoms with Crippen molar-refractivity contribution in [2.24, 2.45) is 0 Å². The Morgan fingerprint density at radius 1 is 1.50 bits per heavy atom. The molecule has 0 fully saturated rings. The third kappa shape index (κ3) is 3.23. The van der Waals surface area contributed by atoms with Gasteiger partial charge in [-0.3, -0.25) is 0 Å². The summed E-state index contributed by atoms with van der Waals surface area (Å²) < 4.78 is 20.6. The summed E-state index contributed by atoms with van der Waals surface area (Å²) in [5.41, 5.74) is 0. The first-order valence-electron chi connectivity index (χ1n) is 1.99. The monoisotopic (exact) mass is 158 g/mol. The Bertz CT molecular complexity index is 139. The molecule has 8 heavy (non-hydrogen) atoms. The lowest BCUT2D eigenvalue weighted by Crippen LogP contribution is -2.09. The molecule has 0 bridgehead atoms. The molecular weight excluding hydrogens is 152 g/mol. The smallest absolute Gasteiger partial charge is 0.166 e. The van der Waals surface area contributed by atoms with Crippen molar-refractivity contribution in [1.29, 1.82) is 0 Å². The summed E-state index contributed by atoms with van der Waals surface area (Å²) in [4.78, 5) is 0. The van der Waals surface area contributed by atoms with Crippen LogP contribution in [0.5, 0.6) is 0 Å². The summed E-state index contributed by atoms with van der Waals surface area (Å²) in [7, 11) is -3.15. The molecule has 0 aromatic carbocycles. The summed E-state index contributed by atoms with van der Waals surface area (Å²) >= 11 is 4.97. The van der Waals surface area contributed by atoms with Crippen LogP contribution in [0.1, 0.15) is 0 Å². The van der Waals surface area contributed by atoms with Crippen molar-refractivity contribution in [2.75, 3.05) is 17.6 Å². The molecule has 0 aliphatic rings. The molecule has 0 saturated heterocycles. The number of halogens is 1. The number of alkyl halides is 1. The fourth-order valence-corrected chi connectivity index (χ4v) is 0.908. The van der Waals surface area contributed by atoms with Gasteiger partial charge >= 0.3 is 0 Å². The number of aliphatic hydroxyl groups excluding tert-OH is 1. The lowest BCUT2D eigenvalue weighted by atomic mass is 10.9. The van der Waals surface area contributed by atoms with E-state index >= 15 is 0 Å². The Balaban J connectivity index is 3.76. The Morgan fingerprint density at radius 3 is 2.12 bits per heavy atom. The Labute approximate surface area is 53.2 Å². The first kappa shape index (κ1) is 8.20. The van der Waals surface area contributed by atoms with Crippen LogP contribution in [-0.2, 0) is 9.84 Å². The van der Waals surface area contributed by atoms with Crippen LogP contribution in [0.15, 0.2) is 0 Å². The molecule has 0 amide bonds. The van der Waals surface area contributed by atoms with Crippen LogP contribution in [0.3, 0.4) is 0 Å². The SMILES string of the molecule is O=S(=O)(CCl)CCO. The van der Waals surface area contributed by atoms with Crippen LogP contribution in [0.2, 0.25) is 0 Å². The van der Waals surface area contributed by atoms with Gasteiger partial charge in [-0.2, -0.15) is 0 Å². The highest BCUT2D eigenvalue weighted by Gasteiger charge is 2.05. The average molecular weight is 159 g/mol. The zero-order valence-electron chi connectivity index (χ0n) is 4.17. The Hall–Kier alpha value is 0.200. The molecule has 5 heteroatoms. The lowest BCUT2D eigenvalue weighted by Gasteiger charge is -1.91. The maximum atomic E-state index is 10.3. The molecule has 0 aromatic heterocycles. The molecule has 0 atom stereocenters. The van der Waals surface area contributed by atoms with E-state index in [0.29, 0.717) is 0 Å². The minimum absolute atomic E-state index is 0.240. The second-order valence-corrected chi connectivity index (χ2v) is 4.05. The predicted molar refractivity (Wildman–Crippen MR) is 31.6 cm³/mol. The van der Waals surface area contributed by atoms with Crippen molar-refractivity contribution >= 4 is 21.4 Å². The van der Waals surface area contributed by atoms with E-state index in [1.807, 2.05) is 0 Å². The van der Waals surface area contributed by atoms with Gasteiger partial charge in [-0.1, -0.05) is 0 Å². The Kier molecular flexibility index (Phi) is 3.35. The van der Waals surface area contributed by atoms with E-state index < -0.39 is 15.0 Å². The van der Waals surface area contributed by atoms with E-state index in [2.05, 4.69) is 0 Å². The van der Waals surface area contributed by atoms with Crippen LogP contribution in [0, 0.1) is 0 Å². The summed E-state index contributed by atoms with van der Waals surface area (Å²) in [6, 6.07) is 0. The predicted octanol–water partition coefficient (Wildman–Crippen LogP) is -0.410. The minimum Gasteiger partial charge on any atom is -0.395 e. The van der Waals surface area contributed by atoms with Gasteiger partial charge in [0.05, 0.1) is 12.4 Å². The number of sulfone groups is 1. The van der Waals surface area contributed by atoms with Crippen molar-refractivity contribution in [3.63, 3.8) is 0 Å². The molecule has 0 unspecified atom stereocenters. The fraction of sp³-hybridized carbons (Fsp3) is 1.00. The number of rotatable bonds is 3. The van der Waals surface area contributed by atoms with Crippen LogP contribution in [0.25, 0.3) is 0 Å². The summed E-state index contributed by atoms with van der Waals surface area (Å²) in [6.07, 6.45) is 0. The molecule has 0 aromatic rings. The molecule has 0 aliphatic heterocycles. The van der Waals surface area contributed by atoms with E-state index in [1.165, 1.54) is 0 Å². The van der Waals surface area contributed by atoms with Gasteiger partial charge in [-0.15, -0.1) is 11.6 Å². The van der Waals surface area contributed by atoms with E-state index in [-0.39, 0.29) is 12.4 Å². The maximum absolute atomic E-state index is 10.3. The molecule has 0 rings (SSSR count). The van der Waals surface area contributed by atoms with Gasteiger partial charge in [0.1, 0.15) is 5.21 Å².